The minimum Gasteiger partial charge on any atom is -0.456 e. The predicted molar refractivity (Wildman–Crippen MR) is 295 cm³/mol. The predicted octanol–water partition coefficient (Wildman–Crippen LogP) is 18.7. The molecule has 0 bridgehead atoms. The van der Waals surface area contributed by atoms with Crippen LogP contribution in [0.2, 0.25) is 0 Å². The van der Waals surface area contributed by atoms with Gasteiger partial charge in [-0.2, -0.15) is 0 Å². The normalized spacial score (nSPS) is 12.0. The molecule has 0 atom stereocenters. The SMILES string of the molecule is c1ccc(N(c2ccc3oc4ccccc4c3c2)c2cc3c(s2)c2cc4c(cc2n3-c2ccccc2)c2sc(N(c3ccccc3)c3ccc5oc6ccccc6c5c3)cc2n4-c2ccccc2)cc1. The lowest BCUT2D eigenvalue weighted by Gasteiger charge is -2.23. The van der Waals surface area contributed by atoms with E-state index >= 15 is 0 Å². The Morgan fingerprint density at radius 1 is 0.286 bits per heavy atom. The van der Waals surface area contributed by atoms with Crippen LogP contribution >= 0.6 is 22.7 Å². The molecule has 0 N–H and O–H groups in total. The van der Waals surface area contributed by atoms with Crippen LogP contribution in [0.3, 0.4) is 0 Å². The molecule has 0 spiro atoms. The molecule has 9 aromatic carbocycles. The number of thiophene rings is 2. The Morgan fingerprint density at radius 3 is 1.09 bits per heavy atom. The molecule has 330 valence electrons. The average molecular weight is 935 g/mol. The van der Waals surface area contributed by atoms with Crippen LogP contribution in [-0.4, -0.2) is 9.13 Å². The summed E-state index contributed by atoms with van der Waals surface area (Å²) in [7, 11) is 0. The van der Waals surface area contributed by atoms with Gasteiger partial charge in [0, 0.05) is 66.4 Å². The fourth-order valence-corrected chi connectivity index (χ4v) is 13.0. The van der Waals surface area contributed by atoms with E-state index in [9.17, 15) is 0 Å². The Bertz CT molecular complexity index is 4200. The summed E-state index contributed by atoms with van der Waals surface area (Å²) < 4.78 is 20.0. The van der Waals surface area contributed by atoms with E-state index in [1.54, 1.807) is 0 Å². The van der Waals surface area contributed by atoms with Crippen molar-refractivity contribution < 1.29 is 8.83 Å². The van der Waals surface area contributed by atoms with E-state index in [0.29, 0.717) is 0 Å². The Balaban J connectivity index is 0.971. The maximum Gasteiger partial charge on any atom is 0.135 e. The molecule has 70 heavy (non-hydrogen) atoms. The van der Waals surface area contributed by atoms with Gasteiger partial charge in [-0.25, -0.2) is 0 Å². The second-order valence-electron chi connectivity index (χ2n) is 17.7. The number of benzene rings is 9. The number of anilines is 6. The van der Waals surface area contributed by atoms with Crippen molar-refractivity contribution in [2.45, 2.75) is 0 Å². The molecule has 0 unspecified atom stereocenters. The maximum absolute atomic E-state index is 6.30. The first kappa shape index (κ1) is 39.2. The van der Waals surface area contributed by atoms with Crippen molar-refractivity contribution >= 4 is 142 Å². The number of nitrogens with zero attached hydrogens (tertiary/aromatic N) is 4. The zero-order valence-electron chi connectivity index (χ0n) is 37.4. The van der Waals surface area contributed by atoms with E-state index < -0.39 is 0 Å². The highest BCUT2D eigenvalue weighted by Gasteiger charge is 2.26. The zero-order chi connectivity index (χ0) is 45.9. The number of hydrogen-bond acceptors (Lipinski definition) is 6. The topological polar surface area (TPSA) is 42.6 Å². The summed E-state index contributed by atoms with van der Waals surface area (Å²) in [6, 6.07) is 82.4. The molecule has 6 heterocycles. The summed E-state index contributed by atoms with van der Waals surface area (Å²) in [5, 5.41) is 9.09. The lowest BCUT2D eigenvalue weighted by atomic mass is 10.1. The summed E-state index contributed by atoms with van der Waals surface area (Å²) in [4.78, 5) is 4.78. The van der Waals surface area contributed by atoms with Crippen molar-refractivity contribution in [2.24, 2.45) is 0 Å². The molecular weight excluding hydrogens is 897 g/mol. The molecule has 0 aliphatic rings. The van der Waals surface area contributed by atoms with E-state index in [-0.39, 0.29) is 0 Å². The number of rotatable bonds is 8. The third-order valence-corrected chi connectivity index (χ3v) is 16.0. The molecule has 6 nitrogen and oxygen atoms in total. The van der Waals surface area contributed by atoms with Gasteiger partial charge >= 0.3 is 0 Å². The van der Waals surface area contributed by atoms with Crippen molar-refractivity contribution in [3.8, 4) is 11.4 Å². The van der Waals surface area contributed by atoms with Gasteiger partial charge in [-0.15, -0.1) is 22.7 Å². The molecule has 0 aliphatic heterocycles. The highest BCUT2D eigenvalue weighted by atomic mass is 32.1. The van der Waals surface area contributed by atoms with Crippen molar-refractivity contribution in [1.29, 1.82) is 0 Å². The summed E-state index contributed by atoms with van der Waals surface area (Å²) in [6.07, 6.45) is 0. The van der Waals surface area contributed by atoms with Crippen LogP contribution in [0.15, 0.2) is 239 Å². The second kappa shape index (κ2) is 15.3. The number of hydrogen-bond donors (Lipinski definition) is 0. The van der Waals surface area contributed by atoms with E-state index in [2.05, 4.69) is 225 Å². The molecule has 15 rings (SSSR count). The zero-order valence-corrected chi connectivity index (χ0v) is 39.0. The lowest BCUT2D eigenvalue weighted by molar-refractivity contribution is 0.668. The first-order valence-electron chi connectivity index (χ1n) is 23.4. The van der Waals surface area contributed by atoms with Crippen molar-refractivity contribution in [1.82, 2.24) is 9.13 Å². The van der Waals surface area contributed by atoms with Crippen LogP contribution in [0.1, 0.15) is 0 Å². The second-order valence-corrected chi connectivity index (χ2v) is 19.8. The van der Waals surface area contributed by atoms with Crippen LogP contribution in [0.5, 0.6) is 0 Å². The molecule has 15 aromatic rings. The number of aromatic nitrogens is 2. The van der Waals surface area contributed by atoms with Crippen molar-refractivity contribution in [2.75, 3.05) is 9.80 Å². The van der Waals surface area contributed by atoms with E-state index in [0.717, 1.165) is 99.0 Å². The summed E-state index contributed by atoms with van der Waals surface area (Å²) in [6.45, 7) is 0. The summed E-state index contributed by atoms with van der Waals surface area (Å²) in [5.74, 6) is 0. The van der Waals surface area contributed by atoms with Gasteiger partial charge in [0.1, 0.15) is 32.3 Å². The standard InChI is InChI=1S/C62H38N4O2S2/c1-5-17-39(18-6-1)63(43-29-31-57-47(33-43)45-25-13-15-27-55(45)67-57)59-37-53-61(69-59)49-35-52-50(36-51(49)65(53)41-21-9-3-10-22-41)62-54(66(52)42-23-11-4-12-24-42)38-60(70-62)64(40-19-7-2-8-20-40)44-30-32-58-48(34-44)46-26-14-16-28-56(46)68-58/h1-38H. The van der Waals surface area contributed by atoms with Crippen molar-refractivity contribution in [3.63, 3.8) is 0 Å². The van der Waals surface area contributed by atoms with Gasteiger partial charge in [0.2, 0.25) is 0 Å². The summed E-state index contributed by atoms with van der Waals surface area (Å²) >= 11 is 3.67. The van der Waals surface area contributed by atoms with Gasteiger partial charge < -0.3 is 27.8 Å². The third kappa shape index (κ3) is 5.97. The number of para-hydroxylation sites is 6. The first-order valence-corrected chi connectivity index (χ1v) is 25.0. The van der Waals surface area contributed by atoms with Crippen LogP contribution in [-0.2, 0) is 0 Å². The fraction of sp³-hybridized carbons (Fsp3) is 0. The lowest BCUT2D eigenvalue weighted by Crippen LogP contribution is -2.08. The molecule has 0 aliphatic carbocycles. The monoisotopic (exact) mass is 934 g/mol. The largest absolute Gasteiger partial charge is 0.456 e. The Kier molecular flexibility index (Phi) is 8.60. The Hall–Kier alpha value is -8.82. The molecule has 0 saturated carbocycles. The van der Waals surface area contributed by atoms with Crippen LogP contribution in [0.25, 0.3) is 97.5 Å². The van der Waals surface area contributed by atoms with Gasteiger partial charge in [0.15, 0.2) is 0 Å². The van der Waals surface area contributed by atoms with Gasteiger partial charge in [-0.3, -0.25) is 0 Å². The molecule has 0 saturated heterocycles. The van der Waals surface area contributed by atoms with Gasteiger partial charge in [-0.1, -0.05) is 109 Å². The molecule has 6 aromatic heterocycles. The minimum atomic E-state index is 0.880. The van der Waals surface area contributed by atoms with Gasteiger partial charge in [0.25, 0.3) is 0 Å². The molecule has 0 amide bonds. The van der Waals surface area contributed by atoms with Crippen LogP contribution < -0.4 is 9.80 Å². The number of fused-ring (bicyclic) bond motifs is 12. The third-order valence-electron chi connectivity index (χ3n) is 13.7. The smallest absolute Gasteiger partial charge is 0.135 e. The fourth-order valence-electron chi connectivity index (χ4n) is 10.6. The average Bonchev–Trinajstić information content (AvgIpc) is 4.27. The molecule has 0 fully saturated rings. The molecular formula is C62H38N4O2S2. The van der Waals surface area contributed by atoms with Gasteiger partial charge in [0.05, 0.1) is 31.5 Å². The van der Waals surface area contributed by atoms with E-state index in [4.69, 9.17) is 8.83 Å². The summed E-state index contributed by atoms with van der Waals surface area (Å²) in [5.41, 5.74) is 14.8. The maximum atomic E-state index is 6.30. The quantitative estimate of drug-likeness (QED) is 0.152. The van der Waals surface area contributed by atoms with Crippen molar-refractivity contribution in [3.05, 3.63) is 231 Å². The number of furan rings is 2. The highest BCUT2D eigenvalue weighted by molar-refractivity contribution is 7.24. The first-order chi connectivity index (χ1) is 34.7. The van der Waals surface area contributed by atoms with Gasteiger partial charge in [-0.05, 0) is 121 Å². The minimum absolute atomic E-state index is 0.880. The van der Waals surface area contributed by atoms with E-state index in [1.807, 2.05) is 46.9 Å². The van der Waals surface area contributed by atoms with Crippen LogP contribution in [0, 0.1) is 0 Å². The molecule has 0 radical (unpaired) electrons. The Morgan fingerprint density at radius 2 is 0.657 bits per heavy atom. The highest BCUT2D eigenvalue weighted by Crippen LogP contribution is 2.51. The van der Waals surface area contributed by atoms with E-state index in [1.165, 1.54) is 31.2 Å². The molecule has 8 heteroatoms. The Labute approximate surface area is 408 Å². The van der Waals surface area contributed by atoms with Crippen LogP contribution in [0.4, 0.5) is 32.8 Å².